The van der Waals surface area contributed by atoms with Crippen LogP contribution in [0, 0.1) is 5.92 Å². The third-order valence-electron chi connectivity index (χ3n) is 5.47. The number of hydrogen-bond acceptors (Lipinski definition) is 5. The van der Waals surface area contributed by atoms with Crippen molar-refractivity contribution in [3.63, 3.8) is 0 Å². The van der Waals surface area contributed by atoms with Crippen LogP contribution in [0.1, 0.15) is 24.3 Å². The van der Waals surface area contributed by atoms with E-state index in [1.807, 2.05) is 18.2 Å². The minimum absolute atomic E-state index is 0.0995. The molecule has 1 aromatic carbocycles. The highest BCUT2D eigenvalue weighted by molar-refractivity contribution is 7.09. The van der Waals surface area contributed by atoms with E-state index in [1.165, 1.54) is 0 Å². The molecule has 0 aliphatic carbocycles. The van der Waals surface area contributed by atoms with Crippen LogP contribution in [0.2, 0.25) is 0 Å². The number of amides is 1. The van der Waals surface area contributed by atoms with E-state index in [4.69, 9.17) is 4.98 Å². The number of hydrogen-bond donors (Lipinski definition) is 2. The molecule has 1 amide bonds. The summed E-state index contributed by atoms with van der Waals surface area (Å²) in [6.45, 7) is 2.30. The van der Waals surface area contributed by atoms with Gasteiger partial charge in [0.1, 0.15) is 5.01 Å². The van der Waals surface area contributed by atoms with Crippen molar-refractivity contribution in [2.75, 3.05) is 13.1 Å². The lowest BCUT2D eigenvalue weighted by Crippen LogP contribution is -2.55. The number of benzene rings is 1. The molecule has 2 aliphatic heterocycles. The van der Waals surface area contributed by atoms with Gasteiger partial charge in [-0.2, -0.15) is 0 Å². The maximum atomic E-state index is 11.7. The molecule has 2 aromatic rings. The predicted octanol–water partition coefficient (Wildman–Crippen LogP) is 2.37. The van der Waals surface area contributed by atoms with E-state index in [9.17, 15) is 14.7 Å². The summed E-state index contributed by atoms with van der Waals surface area (Å²) in [5, 5.41) is 15.5. The van der Waals surface area contributed by atoms with Crippen molar-refractivity contribution in [1.82, 2.24) is 15.2 Å². The summed E-state index contributed by atoms with van der Waals surface area (Å²) in [6.07, 6.45) is 1.45. The van der Waals surface area contributed by atoms with Crippen LogP contribution in [0.4, 0.5) is 0 Å². The smallest absolute Gasteiger partial charge is 0.309 e. The van der Waals surface area contributed by atoms with Gasteiger partial charge >= 0.3 is 5.97 Å². The van der Waals surface area contributed by atoms with Crippen LogP contribution in [-0.4, -0.2) is 45.5 Å². The maximum absolute atomic E-state index is 11.7. The van der Waals surface area contributed by atoms with E-state index in [-0.39, 0.29) is 12.3 Å². The van der Waals surface area contributed by atoms with Gasteiger partial charge in [0.2, 0.25) is 5.91 Å². The topological polar surface area (TPSA) is 82.5 Å². The Morgan fingerprint density at radius 2 is 2.04 bits per heavy atom. The maximum Gasteiger partial charge on any atom is 0.309 e. The Hall–Kier alpha value is -2.25. The van der Waals surface area contributed by atoms with Crippen LogP contribution >= 0.6 is 11.3 Å². The Morgan fingerprint density at radius 3 is 2.73 bits per heavy atom. The highest BCUT2D eigenvalue weighted by Crippen LogP contribution is 2.37. The van der Waals surface area contributed by atoms with Crippen LogP contribution in [-0.2, 0) is 16.1 Å². The fourth-order valence-electron chi connectivity index (χ4n) is 4.02. The third kappa shape index (κ3) is 3.24. The van der Waals surface area contributed by atoms with E-state index in [1.54, 1.807) is 11.3 Å². The molecule has 1 aromatic heterocycles. The van der Waals surface area contributed by atoms with E-state index < -0.39 is 17.4 Å². The van der Waals surface area contributed by atoms with Gasteiger partial charge in [-0.15, -0.1) is 11.3 Å². The van der Waals surface area contributed by atoms with Crippen molar-refractivity contribution in [3.05, 3.63) is 40.7 Å². The summed E-state index contributed by atoms with van der Waals surface area (Å²) in [6, 6.07) is 10.1. The number of nitrogens with one attached hydrogen (secondary N) is 1. The highest BCUT2D eigenvalue weighted by atomic mass is 32.1. The molecular formula is C19H21N3O3S. The fourth-order valence-corrected chi connectivity index (χ4v) is 4.86. The van der Waals surface area contributed by atoms with Gasteiger partial charge in [0.05, 0.1) is 23.7 Å². The minimum atomic E-state index is -0.871. The first kappa shape index (κ1) is 17.2. The van der Waals surface area contributed by atoms with E-state index in [2.05, 4.69) is 27.7 Å². The van der Waals surface area contributed by atoms with Crippen molar-refractivity contribution in [2.45, 2.75) is 31.3 Å². The molecule has 2 N–H and O–H groups in total. The van der Waals surface area contributed by atoms with Crippen LogP contribution in [0.3, 0.4) is 0 Å². The van der Waals surface area contributed by atoms with Gasteiger partial charge in [-0.05, 0) is 12.8 Å². The average Bonchev–Trinajstić information content (AvgIpc) is 3.23. The predicted molar refractivity (Wildman–Crippen MR) is 98.7 cm³/mol. The molecule has 2 fully saturated rings. The van der Waals surface area contributed by atoms with Crippen LogP contribution in [0.5, 0.6) is 0 Å². The van der Waals surface area contributed by atoms with Crippen molar-refractivity contribution < 1.29 is 14.7 Å². The number of nitrogens with zero attached hydrogens (tertiary/aromatic N) is 2. The summed E-state index contributed by atoms with van der Waals surface area (Å²) < 4.78 is 0. The highest BCUT2D eigenvalue weighted by Gasteiger charge is 2.51. The third-order valence-corrected chi connectivity index (χ3v) is 6.31. The average molecular weight is 371 g/mol. The van der Waals surface area contributed by atoms with Crippen LogP contribution in [0.15, 0.2) is 35.7 Å². The van der Waals surface area contributed by atoms with Gasteiger partial charge in [-0.25, -0.2) is 4.98 Å². The summed E-state index contributed by atoms with van der Waals surface area (Å²) in [5.74, 6) is -1.62. The number of carbonyl (C=O) groups is 2. The molecule has 1 unspecified atom stereocenters. The number of carbonyl (C=O) groups excluding carboxylic acids is 1. The Balaban J connectivity index is 1.39. The molecule has 0 bridgehead atoms. The number of aromatic nitrogens is 1. The van der Waals surface area contributed by atoms with Gasteiger partial charge in [-0.1, -0.05) is 30.3 Å². The molecule has 2 saturated heterocycles. The number of rotatable bonds is 4. The monoisotopic (exact) mass is 371 g/mol. The molecule has 7 heteroatoms. The van der Waals surface area contributed by atoms with Gasteiger partial charge in [0.25, 0.3) is 0 Å². The molecule has 136 valence electrons. The second kappa shape index (κ2) is 6.81. The normalized spacial score (nSPS) is 22.5. The van der Waals surface area contributed by atoms with Gasteiger partial charge in [0.15, 0.2) is 0 Å². The Bertz CT molecular complexity index is 812. The quantitative estimate of drug-likeness (QED) is 0.862. The lowest BCUT2D eigenvalue weighted by molar-refractivity contribution is -0.144. The number of carboxylic acids is 1. The standard InChI is InChI=1S/C19H21N3O3S/c23-16-10-14(18(24)25)19(21-16)6-8-22(9-7-19)11-17-20-15(12-26-17)13-4-2-1-3-5-13/h1-5,12,14H,6-11H2,(H,21,23)(H,24,25). The summed E-state index contributed by atoms with van der Waals surface area (Å²) >= 11 is 1.65. The largest absolute Gasteiger partial charge is 0.481 e. The van der Waals surface area contributed by atoms with Gasteiger partial charge in [0, 0.05) is 30.5 Å². The molecule has 6 nitrogen and oxygen atoms in total. The van der Waals surface area contributed by atoms with E-state index in [0.29, 0.717) is 12.8 Å². The molecule has 26 heavy (non-hydrogen) atoms. The zero-order valence-electron chi connectivity index (χ0n) is 14.4. The fraction of sp³-hybridized carbons (Fsp3) is 0.421. The Labute approximate surface area is 155 Å². The molecule has 4 rings (SSSR count). The first-order valence-corrected chi connectivity index (χ1v) is 9.70. The summed E-state index contributed by atoms with van der Waals surface area (Å²) in [4.78, 5) is 30.3. The van der Waals surface area contributed by atoms with Gasteiger partial charge < -0.3 is 10.4 Å². The van der Waals surface area contributed by atoms with Crippen molar-refractivity contribution in [3.8, 4) is 11.3 Å². The van der Waals surface area contributed by atoms with Gasteiger partial charge in [-0.3, -0.25) is 14.5 Å². The molecular weight excluding hydrogens is 350 g/mol. The first-order chi connectivity index (χ1) is 12.6. The molecule has 1 spiro atoms. The molecule has 0 radical (unpaired) electrons. The lowest BCUT2D eigenvalue weighted by atomic mass is 9.78. The zero-order chi connectivity index (χ0) is 18.1. The minimum Gasteiger partial charge on any atom is -0.481 e. The van der Waals surface area contributed by atoms with Crippen molar-refractivity contribution in [2.24, 2.45) is 5.92 Å². The number of thiazole rings is 1. The van der Waals surface area contributed by atoms with E-state index in [0.717, 1.165) is 35.9 Å². The molecule has 0 saturated carbocycles. The zero-order valence-corrected chi connectivity index (χ0v) is 15.2. The van der Waals surface area contributed by atoms with Crippen molar-refractivity contribution >= 4 is 23.2 Å². The molecule has 2 aliphatic rings. The number of carboxylic acid groups (broad SMARTS) is 1. The number of aliphatic carboxylic acids is 1. The Morgan fingerprint density at radius 1 is 1.31 bits per heavy atom. The SMILES string of the molecule is O=C1CC(C(=O)O)C2(CCN(Cc3nc(-c4ccccc4)cs3)CC2)N1. The molecule has 1 atom stereocenters. The molecule has 3 heterocycles. The number of likely N-dealkylation sites (tertiary alicyclic amines) is 1. The summed E-state index contributed by atoms with van der Waals surface area (Å²) in [5.41, 5.74) is 1.54. The number of piperidine rings is 1. The van der Waals surface area contributed by atoms with Crippen LogP contribution < -0.4 is 5.32 Å². The van der Waals surface area contributed by atoms with Crippen LogP contribution in [0.25, 0.3) is 11.3 Å². The first-order valence-electron chi connectivity index (χ1n) is 8.82. The van der Waals surface area contributed by atoms with Crippen molar-refractivity contribution in [1.29, 1.82) is 0 Å². The summed E-state index contributed by atoms with van der Waals surface area (Å²) in [7, 11) is 0. The van der Waals surface area contributed by atoms with E-state index >= 15 is 0 Å². The Kier molecular flexibility index (Phi) is 4.50. The second-order valence-electron chi connectivity index (χ2n) is 7.07. The lowest BCUT2D eigenvalue weighted by Gasteiger charge is -2.41. The second-order valence-corrected chi connectivity index (χ2v) is 8.01.